The van der Waals surface area contributed by atoms with Crippen molar-refractivity contribution in [3.05, 3.63) is 82.3 Å². The lowest BCUT2D eigenvalue weighted by Crippen LogP contribution is -2.10. The normalized spacial score (nSPS) is 11.2. The van der Waals surface area contributed by atoms with Gasteiger partial charge in [-0.3, -0.25) is 4.98 Å². The minimum atomic E-state index is -0.786. The van der Waals surface area contributed by atoms with E-state index < -0.39 is 11.6 Å². The molecule has 34 heavy (non-hydrogen) atoms. The summed E-state index contributed by atoms with van der Waals surface area (Å²) in [4.78, 5) is 18.0. The highest BCUT2D eigenvalue weighted by molar-refractivity contribution is 6.32. The van der Waals surface area contributed by atoms with Crippen molar-refractivity contribution in [2.45, 2.75) is 19.9 Å². The van der Waals surface area contributed by atoms with E-state index in [1.165, 1.54) is 17.7 Å². The Kier molecular flexibility index (Phi) is 6.82. The van der Waals surface area contributed by atoms with E-state index in [0.29, 0.717) is 5.56 Å². The molecule has 5 nitrogen and oxygen atoms in total. The maximum absolute atomic E-state index is 14.2. The summed E-state index contributed by atoms with van der Waals surface area (Å²) in [5, 5.41) is 13.9. The van der Waals surface area contributed by atoms with Crippen molar-refractivity contribution >= 4 is 40.2 Å². The molecular weight excluding hydrogens is 453 g/mol. The number of phenolic OH excluding ortho intramolecular Hbond substituents is 1. The Labute approximate surface area is 202 Å². The molecule has 0 unspecified atom stereocenters. The van der Waals surface area contributed by atoms with Crippen LogP contribution in [0.5, 0.6) is 5.75 Å². The SMILES string of the molecule is Cc1cc2ncc(CC=O)c(Nc3ccc(CN(C)C)cc3)c2cc1-c1cc(F)c(O)c(Cl)c1. The summed E-state index contributed by atoms with van der Waals surface area (Å²) in [5.41, 5.74) is 6.50. The van der Waals surface area contributed by atoms with Crippen LogP contribution in [0, 0.1) is 12.7 Å². The molecule has 7 heteroatoms. The molecule has 0 saturated heterocycles. The molecule has 174 valence electrons. The second-order valence-electron chi connectivity index (χ2n) is 8.56. The van der Waals surface area contributed by atoms with E-state index in [-0.39, 0.29) is 11.4 Å². The van der Waals surface area contributed by atoms with Gasteiger partial charge in [0.15, 0.2) is 11.6 Å². The Bertz CT molecular complexity index is 1350. The van der Waals surface area contributed by atoms with Gasteiger partial charge in [-0.05, 0) is 79.7 Å². The van der Waals surface area contributed by atoms with Gasteiger partial charge in [0, 0.05) is 35.8 Å². The molecule has 0 bridgehead atoms. The Morgan fingerprint density at radius 1 is 1.15 bits per heavy atom. The van der Waals surface area contributed by atoms with Gasteiger partial charge in [-0.25, -0.2) is 4.39 Å². The van der Waals surface area contributed by atoms with Crippen LogP contribution in [-0.2, 0) is 17.8 Å². The molecule has 0 aliphatic heterocycles. The highest BCUT2D eigenvalue weighted by Crippen LogP contribution is 2.38. The number of aldehydes is 1. The first-order chi connectivity index (χ1) is 16.3. The molecule has 2 N–H and O–H groups in total. The zero-order chi connectivity index (χ0) is 24.4. The number of aromatic nitrogens is 1. The van der Waals surface area contributed by atoms with Crippen LogP contribution in [0.4, 0.5) is 15.8 Å². The van der Waals surface area contributed by atoms with E-state index in [0.717, 1.165) is 51.8 Å². The number of aryl methyl sites for hydroxylation is 1. The summed E-state index contributed by atoms with van der Waals surface area (Å²) in [6.45, 7) is 2.74. The van der Waals surface area contributed by atoms with E-state index in [1.54, 1.807) is 6.20 Å². The van der Waals surface area contributed by atoms with Gasteiger partial charge < -0.3 is 20.1 Å². The van der Waals surface area contributed by atoms with Crippen LogP contribution >= 0.6 is 11.6 Å². The fraction of sp³-hybridized carbons (Fsp3) is 0.185. The fourth-order valence-corrected chi connectivity index (χ4v) is 4.22. The number of carbonyl (C=O) groups is 1. The molecule has 0 spiro atoms. The second-order valence-corrected chi connectivity index (χ2v) is 8.97. The van der Waals surface area contributed by atoms with Crippen LogP contribution in [-0.4, -0.2) is 35.4 Å². The smallest absolute Gasteiger partial charge is 0.170 e. The maximum atomic E-state index is 14.2. The number of hydrogen-bond donors (Lipinski definition) is 2. The fourth-order valence-electron chi connectivity index (χ4n) is 4.01. The Morgan fingerprint density at radius 3 is 2.53 bits per heavy atom. The van der Waals surface area contributed by atoms with Crippen molar-refractivity contribution in [2.75, 3.05) is 19.4 Å². The summed E-state index contributed by atoms with van der Waals surface area (Å²) in [6.07, 6.45) is 2.75. The van der Waals surface area contributed by atoms with Crippen molar-refractivity contribution in [3.63, 3.8) is 0 Å². The Hall–Kier alpha value is -3.48. The number of rotatable bonds is 7. The molecule has 0 radical (unpaired) electrons. The summed E-state index contributed by atoms with van der Waals surface area (Å²) in [6, 6.07) is 14.7. The number of nitrogens with zero attached hydrogens (tertiary/aromatic N) is 2. The average molecular weight is 478 g/mol. The topological polar surface area (TPSA) is 65.5 Å². The maximum Gasteiger partial charge on any atom is 0.170 e. The van der Waals surface area contributed by atoms with Crippen LogP contribution in [0.15, 0.2) is 54.7 Å². The predicted molar refractivity (Wildman–Crippen MR) is 135 cm³/mol. The lowest BCUT2D eigenvalue weighted by Gasteiger charge is -2.17. The number of hydrogen-bond acceptors (Lipinski definition) is 5. The minimum absolute atomic E-state index is 0.0570. The molecule has 0 amide bonds. The van der Waals surface area contributed by atoms with E-state index in [9.17, 15) is 14.3 Å². The molecule has 1 aromatic heterocycles. The van der Waals surface area contributed by atoms with Gasteiger partial charge in [-0.15, -0.1) is 0 Å². The Balaban J connectivity index is 1.84. The van der Waals surface area contributed by atoms with Gasteiger partial charge in [0.1, 0.15) is 6.29 Å². The highest BCUT2D eigenvalue weighted by Gasteiger charge is 2.15. The molecule has 4 aromatic rings. The van der Waals surface area contributed by atoms with Crippen molar-refractivity contribution in [1.29, 1.82) is 0 Å². The lowest BCUT2D eigenvalue weighted by atomic mass is 9.96. The molecule has 0 atom stereocenters. The summed E-state index contributed by atoms with van der Waals surface area (Å²) < 4.78 is 14.2. The molecule has 4 rings (SSSR count). The number of pyridine rings is 1. The first-order valence-corrected chi connectivity index (χ1v) is 11.2. The zero-order valence-corrected chi connectivity index (χ0v) is 19.9. The van der Waals surface area contributed by atoms with E-state index in [2.05, 4.69) is 27.3 Å². The number of carbonyl (C=O) groups excluding carboxylic acids is 1. The van der Waals surface area contributed by atoms with Crippen molar-refractivity contribution < 1.29 is 14.3 Å². The molecule has 0 fully saturated rings. The van der Waals surface area contributed by atoms with Gasteiger partial charge in [-0.2, -0.15) is 0 Å². The van der Waals surface area contributed by atoms with Gasteiger partial charge in [0.2, 0.25) is 0 Å². The first-order valence-electron chi connectivity index (χ1n) is 10.8. The van der Waals surface area contributed by atoms with Crippen molar-refractivity contribution in [1.82, 2.24) is 9.88 Å². The number of fused-ring (bicyclic) bond motifs is 1. The van der Waals surface area contributed by atoms with E-state index in [4.69, 9.17) is 11.6 Å². The summed E-state index contributed by atoms with van der Waals surface area (Å²) in [7, 11) is 4.04. The predicted octanol–water partition coefficient (Wildman–Crippen LogP) is 6.25. The highest BCUT2D eigenvalue weighted by atomic mass is 35.5. The number of halogens is 2. The van der Waals surface area contributed by atoms with Gasteiger partial charge in [0.05, 0.1) is 16.2 Å². The summed E-state index contributed by atoms with van der Waals surface area (Å²) >= 11 is 6.03. The van der Waals surface area contributed by atoms with E-state index in [1.807, 2.05) is 45.3 Å². The standard InChI is InChI=1S/C27H25ClFN3O2/c1-16-10-25-22(13-21(16)19-11-23(28)27(34)24(29)12-19)26(18(8-9-33)14-30-25)31-20-6-4-17(5-7-20)15-32(2)3/h4-7,9-14,34H,8,15H2,1-3H3,(H,30,31). The van der Waals surface area contributed by atoms with Crippen molar-refractivity contribution in [2.24, 2.45) is 0 Å². The lowest BCUT2D eigenvalue weighted by molar-refractivity contribution is -0.107. The molecule has 0 aliphatic carbocycles. The molecule has 0 saturated carbocycles. The number of nitrogens with one attached hydrogen (secondary N) is 1. The zero-order valence-electron chi connectivity index (χ0n) is 19.2. The molecule has 3 aromatic carbocycles. The number of phenols is 1. The first kappa shape index (κ1) is 23.7. The summed E-state index contributed by atoms with van der Waals surface area (Å²) in [5.74, 6) is -1.36. The van der Waals surface area contributed by atoms with Gasteiger partial charge in [0.25, 0.3) is 0 Å². The van der Waals surface area contributed by atoms with Crippen LogP contribution in [0.25, 0.3) is 22.0 Å². The third-order valence-electron chi connectivity index (χ3n) is 5.65. The van der Waals surface area contributed by atoms with Crippen LogP contribution in [0.1, 0.15) is 16.7 Å². The molecule has 0 aliphatic rings. The number of anilines is 2. The largest absolute Gasteiger partial charge is 0.504 e. The minimum Gasteiger partial charge on any atom is -0.504 e. The molecule has 1 heterocycles. The number of aromatic hydroxyl groups is 1. The quantitative estimate of drug-likeness (QED) is 0.308. The third kappa shape index (κ3) is 4.88. The number of benzene rings is 3. The van der Waals surface area contributed by atoms with Crippen LogP contribution in [0.2, 0.25) is 5.02 Å². The van der Waals surface area contributed by atoms with Crippen LogP contribution in [0.3, 0.4) is 0 Å². The Morgan fingerprint density at radius 2 is 1.88 bits per heavy atom. The molecular formula is C27H25ClFN3O2. The van der Waals surface area contributed by atoms with E-state index >= 15 is 0 Å². The third-order valence-corrected chi connectivity index (χ3v) is 5.93. The van der Waals surface area contributed by atoms with Gasteiger partial charge in [-0.1, -0.05) is 23.7 Å². The monoisotopic (exact) mass is 477 g/mol. The van der Waals surface area contributed by atoms with Gasteiger partial charge >= 0.3 is 0 Å². The van der Waals surface area contributed by atoms with Crippen LogP contribution < -0.4 is 5.32 Å². The van der Waals surface area contributed by atoms with Crippen molar-refractivity contribution in [3.8, 4) is 16.9 Å². The average Bonchev–Trinajstić information content (AvgIpc) is 2.79. The second kappa shape index (κ2) is 9.79.